The average Bonchev–Trinajstić information content (AvgIpc) is 2.73. The van der Waals surface area contributed by atoms with Crippen LogP contribution in [0.2, 0.25) is 0 Å². The standard InChI is InChI=1S/C24H20N2O/c1-26(17-11-13-18(27-2)14-12-17)16-24-21-9-5-3-7-19(21)23(15-25)20-8-4-6-10-22(20)24/h3-14H,16H2,1-2H3. The van der Waals surface area contributed by atoms with Crippen molar-refractivity contribution in [3.8, 4) is 11.8 Å². The smallest absolute Gasteiger partial charge is 0.119 e. The van der Waals surface area contributed by atoms with Gasteiger partial charge in [-0.25, -0.2) is 0 Å². The summed E-state index contributed by atoms with van der Waals surface area (Å²) in [5.41, 5.74) is 3.10. The molecule has 0 aliphatic rings. The van der Waals surface area contributed by atoms with Crippen LogP contribution in [0, 0.1) is 11.3 Å². The van der Waals surface area contributed by atoms with E-state index in [-0.39, 0.29) is 0 Å². The van der Waals surface area contributed by atoms with Crippen LogP contribution in [0.3, 0.4) is 0 Å². The monoisotopic (exact) mass is 352 g/mol. The maximum Gasteiger partial charge on any atom is 0.119 e. The molecule has 0 N–H and O–H groups in total. The quantitative estimate of drug-likeness (QED) is 0.454. The summed E-state index contributed by atoms with van der Waals surface area (Å²) in [5.74, 6) is 0.849. The van der Waals surface area contributed by atoms with Crippen LogP contribution in [0.25, 0.3) is 21.5 Å². The Labute approximate surface area is 159 Å². The highest BCUT2D eigenvalue weighted by Gasteiger charge is 2.14. The number of anilines is 1. The molecule has 4 aromatic rings. The van der Waals surface area contributed by atoms with Gasteiger partial charge in [-0.3, -0.25) is 0 Å². The summed E-state index contributed by atoms with van der Waals surface area (Å²) in [4.78, 5) is 2.22. The SMILES string of the molecule is COc1ccc(N(C)Cc2c3ccccc3c(C#N)c3ccccc23)cc1. The fourth-order valence-electron chi connectivity index (χ4n) is 3.67. The molecule has 0 radical (unpaired) electrons. The van der Waals surface area contributed by atoms with Gasteiger partial charge in [-0.15, -0.1) is 0 Å². The van der Waals surface area contributed by atoms with E-state index in [1.807, 2.05) is 48.5 Å². The van der Waals surface area contributed by atoms with Crippen molar-refractivity contribution in [1.82, 2.24) is 0 Å². The van der Waals surface area contributed by atoms with Crippen molar-refractivity contribution in [2.75, 3.05) is 19.1 Å². The van der Waals surface area contributed by atoms with Gasteiger partial charge < -0.3 is 9.64 Å². The molecule has 0 amide bonds. The van der Waals surface area contributed by atoms with E-state index in [9.17, 15) is 5.26 Å². The van der Waals surface area contributed by atoms with Crippen molar-refractivity contribution < 1.29 is 4.74 Å². The van der Waals surface area contributed by atoms with Crippen molar-refractivity contribution in [1.29, 1.82) is 5.26 Å². The molecule has 0 heterocycles. The topological polar surface area (TPSA) is 36.3 Å². The molecule has 0 aliphatic carbocycles. The van der Waals surface area contributed by atoms with E-state index in [4.69, 9.17) is 4.74 Å². The van der Waals surface area contributed by atoms with Gasteiger partial charge in [0.2, 0.25) is 0 Å². The molecule has 0 unspecified atom stereocenters. The van der Waals surface area contributed by atoms with Gasteiger partial charge in [0, 0.05) is 30.1 Å². The molecule has 0 fully saturated rings. The lowest BCUT2D eigenvalue weighted by Crippen LogP contribution is -2.17. The van der Waals surface area contributed by atoms with Gasteiger partial charge in [0.25, 0.3) is 0 Å². The lowest BCUT2D eigenvalue weighted by atomic mass is 9.92. The predicted molar refractivity (Wildman–Crippen MR) is 111 cm³/mol. The number of fused-ring (bicyclic) bond motifs is 2. The van der Waals surface area contributed by atoms with E-state index >= 15 is 0 Å². The van der Waals surface area contributed by atoms with Gasteiger partial charge in [-0.1, -0.05) is 48.5 Å². The molecule has 3 nitrogen and oxygen atoms in total. The fraction of sp³-hybridized carbons (Fsp3) is 0.125. The Morgan fingerprint density at radius 2 is 1.33 bits per heavy atom. The Morgan fingerprint density at radius 3 is 1.81 bits per heavy atom. The number of nitriles is 1. The minimum absolute atomic E-state index is 0.747. The Kier molecular flexibility index (Phi) is 4.40. The number of rotatable bonds is 4. The van der Waals surface area contributed by atoms with E-state index in [1.165, 1.54) is 5.56 Å². The molecule has 0 aliphatic heterocycles. The Balaban J connectivity index is 1.88. The Hall–Kier alpha value is -3.51. The molecule has 0 saturated heterocycles. The van der Waals surface area contributed by atoms with Crippen molar-refractivity contribution in [3.05, 3.63) is 83.9 Å². The van der Waals surface area contributed by atoms with E-state index in [0.717, 1.165) is 45.1 Å². The van der Waals surface area contributed by atoms with Crippen molar-refractivity contribution in [3.63, 3.8) is 0 Å². The number of nitrogens with zero attached hydrogens (tertiary/aromatic N) is 2. The lowest BCUT2D eigenvalue weighted by Gasteiger charge is -2.22. The van der Waals surface area contributed by atoms with Gasteiger partial charge >= 0.3 is 0 Å². The van der Waals surface area contributed by atoms with Crippen LogP contribution in [0.15, 0.2) is 72.8 Å². The van der Waals surface area contributed by atoms with Crippen LogP contribution in [0.4, 0.5) is 5.69 Å². The van der Waals surface area contributed by atoms with Crippen LogP contribution in [-0.2, 0) is 6.54 Å². The number of methoxy groups -OCH3 is 1. The third-order valence-corrected chi connectivity index (χ3v) is 5.06. The van der Waals surface area contributed by atoms with E-state index in [1.54, 1.807) is 7.11 Å². The minimum atomic E-state index is 0.747. The zero-order valence-corrected chi connectivity index (χ0v) is 15.4. The zero-order valence-electron chi connectivity index (χ0n) is 15.4. The second-order valence-electron chi connectivity index (χ2n) is 6.61. The van der Waals surface area contributed by atoms with Gasteiger partial charge in [0.15, 0.2) is 0 Å². The van der Waals surface area contributed by atoms with E-state index < -0.39 is 0 Å². The molecule has 27 heavy (non-hydrogen) atoms. The summed E-state index contributed by atoms with van der Waals surface area (Å²) in [6, 6.07) is 26.8. The maximum absolute atomic E-state index is 9.76. The second-order valence-corrected chi connectivity index (χ2v) is 6.61. The number of ether oxygens (including phenoxy) is 1. The molecular formula is C24H20N2O. The van der Waals surface area contributed by atoms with E-state index in [2.05, 4.69) is 42.3 Å². The highest BCUT2D eigenvalue weighted by molar-refractivity contribution is 6.07. The maximum atomic E-state index is 9.76. The van der Waals surface area contributed by atoms with Gasteiger partial charge in [0.05, 0.1) is 12.7 Å². The van der Waals surface area contributed by atoms with Crippen LogP contribution >= 0.6 is 0 Å². The first-order chi connectivity index (χ1) is 13.2. The third kappa shape index (κ3) is 2.96. The molecule has 4 rings (SSSR count). The first-order valence-corrected chi connectivity index (χ1v) is 8.90. The summed E-state index contributed by atoms with van der Waals surface area (Å²) < 4.78 is 5.26. The van der Waals surface area contributed by atoms with E-state index in [0.29, 0.717) is 0 Å². The van der Waals surface area contributed by atoms with Crippen molar-refractivity contribution in [2.45, 2.75) is 6.54 Å². The molecular weight excluding hydrogens is 332 g/mol. The molecule has 0 aromatic heterocycles. The molecule has 0 spiro atoms. The second kappa shape index (κ2) is 7.01. The molecule has 3 heteroatoms. The summed E-state index contributed by atoms with van der Waals surface area (Å²) in [6.07, 6.45) is 0. The molecule has 4 aromatic carbocycles. The van der Waals surface area contributed by atoms with Crippen LogP contribution in [-0.4, -0.2) is 14.2 Å². The fourth-order valence-corrected chi connectivity index (χ4v) is 3.67. The van der Waals surface area contributed by atoms with Gasteiger partial charge in [-0.2, -0.15) is 5.26 Å². The average molecular weight is 352 g/mol. The minimum Gasteiger partial charge on any atom is -0.497 e. The lowest BCUT2D eigenvalue weighted by molar-refractivity contribution is 0.415. The number of hydrogen-bond acceptors (Lipinski definition) is 3. The Bertz CT molecular complexity index is 1100. The molecule has 0 saturated carbocycles. The van der Waals surface area contributed by atoms with Gasteiger partial charge in [0.1, 0.15) is 11.8 Å². The first kappa shape index (κ1) is 16.9. The molecule has 0 bridgehead atoms. The Morgan fingerprint density at radius 1 is 0.815 bits per heavy atom. The van der Waals surface area contributed by atoms with Crippen LogP contribution in [0.5, 0.6) is 5.75 Å². The molecule has 0 atom stereocenters. The summed E-state index contributed by atoms with van der Waals surface area (Å²) in [5, 5.41) is 14.0. The van der Waals surface area contributed by atoms with Crippen LogP contribution in [0.1, 0.15) is 11.1 Å². The number of hydrogen-bond donors (Lipinski definition) is 0. The highest BCUT2D eigenvalue weighted by Crippen LogP contribution is 2.34. The van der Waals surface area contributed by atoms with Crippen molar-refractivity contribution in [2.24, 2.45) is 0 Å². The molecule has 132 valence electrons. The summed E-state index contributed by atoms with van der Waals surface area (Å²) in [7, 11) is 3.76. The summed E-state index contributed by atoms with van der Waals surface area (Å²) >= 11 is 0. The number of benzene rings is 4. The predicted octanol–water partition coefficient (Wildman–Crippen LogP) is 5.51. The highest BCUT2D eigenvalue weighted by atomic mass is 16.5. The zero-order chi connectivity index (χ0) is 18.8. The third-order valence-electron chi connectivity index (χ3n) is 5.06. The largest absolute Gasteiger partial charge is 0.497 e. The van der Waals surface area contributed by atoms with Crippen molar-refractivity contribution >= 4 is 27.2 Å². The first-order valence-electron chi connectivity index (χ1n) is 8.90. The normalized spacial score (nSPS) is 10.7. The summed E-state index contributed by atoms with van der Waals surface area (Å²) in [6.45, 7) is 0.749. The van der Waals surface area contributed by atoms with Gasteiger partial charge in [-0.05, 0) is 40.6 Å². The van der Waals surface area contributed by atoms with Crippen LogP contribution < -0.4 is 9.64 Å².